The van der Waals surface area contributed by atoms with Crippen molar-refractivity contribution in [2.24, 2.45) is 0 Å². The SMILES string of the molecule is O=C(Cn1ccnc1[N+](=O)[O-])NCC([18F])C[18F]. The molecule has 0 saturated carbocycles. The van der Waals surface area contributed by atoms with E-state index in [9.17, 15) is 23.7 Å². The fourth-order valence-corrected chi connectivity index (χ4v) is 1.09. The highest BCUT2D eigenvalue weighted by atomic mass is 18.2. The minimum Gasteiger partial charge on any atom is -0.390 e. The van der Waals surface area contributed by atoms with Crippen molar-refractivity contribution in [2.75, 3.05) is 13.2 Å². The summed E-state index contributed by atoms with van der Waals surface area (Å²) in [6, 6.07) is 0. The first-order valence-electron chi connectivity index (χ1n) is 4.67. The van der Waals surface area contributed by atoms with Gasteiger partial charge in [0.25, 0.3) is 5.91 Å². The quantitative estimate of drug-likeness (QED) is 0.574. The lowest BCUT2D eigenvalue weighted by molar-refractivity contribution is -0.396. The van der Waals surface area contributed by atoms with E-state index in [-0.39, 0.29) is 6.54 Å². The number of hydrogen-bond donors (Lipinski definition) is 1. The number of nitrogens with one attached hydrogen (secondary N) is 1. The second kappa shape index (κ2) is 5.87. The van der Waals surface area contributed by atoms with E-state index in [2.05, 4.69) is 10.3 Å². The standard InChI is InChI=1S/C8H10F2N4O3/c9-3-6(10)4-12-7(15)5-13-2-1-11-8(13)14(16)17/h1-2,6H,3-5H2,(H,12,15)/i9-1,10-1. The van der Waals surface area contributed by atoms with Gasteiger partial charge in [0.2, 0.25) is 0 Å². The van der Waals surface area contributed by atoms with Crippen molar-refractivity contribution < 1.29 is 18.5 Å². The number of halogens is 2. The van der Waals surface area contributed by atoms with Crippen LogP contribution in [0, 0.1) is 10.1 Å². The van der Waals surface area contributed by atoms with Gasteiger partial charge < -0.3 is 15.4 Å². The third-order valence-electron chi connectivity index (χ3n) is 1.86. The minimum absolute atomic E-state index is 0.366. The molecule has 0 saturated heterocycles. The lowest BCUT2D eigenvalue weighted by atomic mass is 10.4. The Kier molecular flexibility index (Phi) is 4.49. The molecule has 1 amide bonds. The van der Waals surface area contributed by atoms with E-state index in [1.807, 2.05) is 0 Å². The Morgan fingerprint density at radius 2 is 2.41 bits per heavy atom. The smallest absolute Gasteiger partial charge is 0.390 e. The van der Waals surface area contributed by atoms with Crippen LogP contribution in [0.1, 0.15) is 0 Å². The number of nitrogens with zero attached hydrogens (tertiary/aromatic N) is 3. The lowest BCUT2D eigenvalue weighted by Crippen LogP contribution is -2.33. The van der Waals surface area contributed by atoms with Gasteiger partial charge >= 0.3 is 5.95 Å². The molecule has 0 bridgehead atoms. The van der Waals surface area contributed by atoms with E-state index in [0.29, 0.717) is 0 Å². The summed E-state index contributed by atoms with van der Waals surface area (Å²) in [6.07, 6.45) is 0.654. The van der Waals surface area contributed by atoms with Gasteiger partial charge in [0, 0.05) is 0 Å². The minimum atomic E-state index is -1.77. The van der Waals surface area contributed by atoms with Gasteiger partial charge in [-0.2, -0.15) is 0 Å². The van der Waals surface area contributed by atoms with E-state index in [0.717, 1.165) is 4.57 Å². The molecule has 1 aromatic rings. The van der Waals surface area contributed by atoms with Gasteiger partial charge in [-0.05, 0) is 4.92 Å². The molecular formula is C8H10F2N4O3. The number of rotatable bonds is 6. The van der Waals surface area contributed by atoms with E-state index in [1.165, 1.54) is 12.4 Å². The normalized spacial score (nSPS) is 12.1. The number of nitro groups is 1. The van der Waals surface area contributed by atoms with Gasteiger partial charge in [-0.15, -0.1) is 0 Å². The largest absolute Gasteiger partial charge is 0.435 e. The Hall–Kier alpha value is -2.06. The maximum absolute atomic E-state index is 12.5. The number of carbonyl (C=O) groups excluding carboxylic acids is 1. The van der Waals surface area contributed by atoms with Crippen molar-refractivity contribution in [3.8, 4) is 0 Å². The van der Waals surface area contributed by atoms with Gasteiger partial charge in [0.05, 0.1) is 6.54 Å². The zero-order valence-corrected chi connectivity index (χ0v) is 8.68. The molecule has 1 heterocycles. The molecule has 1 rings (SSSR count). The highest BCUT2D eigenvalue weighted by Crippen LogP contribution is 2.06. The molecule has 0 fully saturated rings. The second-order valence-corrected chi connectivity index (χ2v) is 3.17. The molecule has 0 aliphatic carbocycles. The maximum Gasteiger partial charge on any atom is 0.435 e. The van der Waals surface area contributed by atoms with Crippen LogP contribution in [-0.2, 0) is 11.3 Å². The summed E-state index contributed by atoms with van der Waals surface area (Å²) in [5.74, 6) is -1.13. The predicted octanol–water partition coefficient (Wildman–Crippen LogP) is 0.215. The van der Waals surface area contributed by atoms with Crippen molar-refractivity contribution in [1.82, 2.24) is 14.9 Å². The van der Waals surface area contributed by atoms with Crippen LogP contribution in [-0.4, -0.2) is 39.8 Å². The topological polar surface area (TPSA) is 90.1 Å². The Morgan fingerprint density at radius 3 is 3.00 bits per heavy atom. The Labute approximate surface area is 94.6 Å². The molecule has 1 aromatic heterocycles. The number of imidazole rings is 1. The molecule has 0 aromatic carbocycles. The number of hydrogen-bond acceptors (Lipinski definition) is 4. The predicted molar refractivity (Wildman–Crippen MR) is 52.8 cm³/mol. The second-order valence-electron chi connectivity index (χ2n) is 3.17. The van der Waals surface area contributed by atoms with Crippen molar-refractivity contribution in [1.29, 1.82) is 0 Å². The number of alkyl halides is 2. The van der Waals surface area contributed by atoms with Crippen LogP contribution < -0.4 is 5.32 Å². The monoisotopic (exact) mass is 246 g/mol. The first-order valence-corrected chi connectivity index (χ1v) is 4.67. The highest BCUT2D eigenvalue weighted by Gasteiger charge is 2.17. The van der Waals surface area contributed by atoms with Crippen LogP contribution in [0.5, 0.6) is 0 Å². The molecule has 0 spiro atoms. The van der Waals surface area contributed by atoms with E-state index < -0.39 is 36.2 Å². The molecular weight excluding hydrogens is 236 g/mol. The van der Waals surface area contributed by atoms with Crippen LogP contribution >= 0.6 is 0 Å². The number of aromatic nitrogens is 2. The third-order valence-corrected chi connectivity index (χ3v) is 1.86. The Balaban J connectivity index is 2.51. The molecule has 9 heteroatoms. The van der Waals surface area contributed by atoms with Gasteiger partial charge in [0.15, 0.2) is 6.54 Å². The maximum atomic E-state index is 12.5. The zero-order valence-electron chi connectivity index (χ0n) is 8.68. The summed E-state index contributed by atoms with van der Waals surface area (Å²) in [4.78, 5) is 24.4. The summed E-state index contributed by atoms with van der Waals surface area (Å²) in [6.45, 7) is -2.02. The fraction of sp³-hybridized carbons (Fsp3) is 0.500. The fourth-order valence-electron chi connectivity index (χ4n) is 1.09. The summed E-state index contributed by atoms with van der Waals surface area (Å²) in [7, 11) is 0. The van der Waals surface area contributed by atoms with Crippen molar-refractivity contribution in [2.45, 2.75) is 12.7 Å². The summed E-state index contributed by atoms with van der Waals surface area (Å²) in [5.41, 5.74) is 0. The Morgan fingerprint density at radius 1 is 1.71 bits per heavy atom. The van der Waals surface area contributed by atoms with Gasteiger partial charge in [0.1, 0.15) is 25.2 Å². The molecule has 1 N–H and O–H groups in total. The molecule has 17 heavy (non-hydrogen) atoms. The van der Waals surface area contributed by atoms with Crippen molar-refractivity contribution in [3.63, 3.8) is 0 Å². The van der Waals surface area contributed by atoms with Gasteiger partial charge in [-0.1, -0.05) is 4.98 Å². The third kappa shape index (κ3) is 3.78. The van der Waals surface area contributed by atoms with Crippen LogP contribution in [0.4, 0.5) is 14.7 Å². The average Bonchev–Trinajstić information content (AvgIpc) is 2.74. The van der Waals surface area contributed by atoms with Crippen molar-refractivity contribution >= 4 is 11.9 Å². The lowest BCUT2D eigenvalue weighted by Gasteiger charge is -2.06. The highest BCUT2D eigenvalue weighted by molar-refractivity contribution is 5.75. The molecule has 0 aliphatic heterocycles. The zero-order chi connectivity index (χ0) is 12.8. The molecule has 0 aliphatic rings. The number of amides is 1. The average molecular weight is 246 g/mol. The summed E-state index contributed by atoms with van der Waals surface area (Å²) >= 11 is 0. The van der Waals surface area contributed by atoms with Crippen molar-refractivity contribution in [3.05, 3.63) is 22.5 Å². The van der Waals surface area contributed by atoms with Crippen LogP contribution in [0.3, 0.4) is 0 Å². The van der Waals surface area contributed by atoms with E-state index >= 15 is 0 Å². The molecule has 1 unspecified atom stereocenters. The molecule has 7 nitrogen and oxygen atoms in total. The van der Waals surface area contributed by atoms with Crippen LogP contribution in [0.25, 0.3) is 0 Å². The number of carbonyl (C=O) groups is 1. The van der Waals surface area contributed by atoms with Crippen LogP contribution in [0.15, 0.2) is 12.4 Å². The first-order chi connectivity index (χ1) is 8.04. The molecule has 1 atom stereocenters. The molecule has 0 radical (unpaired) electrons. The molecule has 94 valence electrons. The summed E-state index contributed by atoms with van der Waals surface area (Å²) in [5, 5.41) is 12.6. The van der Waals surface area contributed by atoms with Gasteiger partial charge in [-0.3, -0.25) is 4.79 Å². The summed E-state index contributed by atoms with van der Waals surface area (Å²) < 4.78 is 25.2. The van der Waals surface area contributed by atoms with E-state index in [1.54, 1.807) is 0 Å². The van der Waals surface area contributed by atoms with E-state index in [4.69, 9.17) is 0 Å². The van der Waals surface area contributed by atoms with Gasteiger partial charge in [-0.25, -0.2) is 13.3 Å². The Bertz CT molecular complexity index is 409. The van der Waals surface area contributed by atoms with Crippen LogP contribution in [0.2, 0.25) is 0 Å². The first kappa shape index (κ1) is 13.0.